The van der Waals surface area contributed by atoms with Crippen LogP contribution >= 0.6 is 0 Å². The highest BCUT2D eigenvalue weighted by Crippen LogP contribution is 2.28. The lowest BCUT2D eigenvalue weighted by molar-refractivity contribution is -0.385. The molecule has 0 spiro atoms. The van der Waals surface area contributed by atoms with Gasteiger partial charge in [-0.1, -0.05) is 30.3 Å². The number of nitro benzene ring substituents is 1. The van der Waals surface area contributed by atoms with Gasteiger partial charge in [0.15, 0.2) is 5.75 Å². The van der Waals surface area contributed by atoms with Gasteiger partial charge in [0.1, 0.15) is 6.04 Å². The monoisotopic (exact) mass is 372 g/mol. The van der Waals surface area contributed by atoms with Gasteiger partial charge in [0, 0.05) is 25.1 Å². The molecule has 0 aliphatic heterocycles. The third-order valence-corrected chi connectivity index (χ3v) is 4.05. The molecule has 1 atom stereocenters. The zero-order valence-electron chi connectivity index (χ0n) is 15.0. The molecule has 2 aromatic rings. The standard InChI is InChI=1S/C19H20N2O6/c1-3-27-17-10-9-14(12-15(17)21(25)26)18(22)20(2)16(19(23)24)11-13-7-5-4-6-8-13/h4-10,12,16H,3,11H2,1-2H3,(H,23,24). The average Bonchev–Trinajstić information content (AvgIpc) is 2.66. The van der Waals surface area contributed by atoms with Gasteiger partial charge in [0.2, 0.25) is 0 Å². The van der Waals surface area contributed by atoms with Crippen molar-refractivity contribution in [2.24, 2.45) is 0 Å². The fraction of sp³-hybridized carbons (Fsp3) is 0.263. The van der Waals surface area contributed by atoms with Gasteiger partial charge in [-0.3, -0.25) is 14.9 Å². The van der Waals surface area contributed by atoms with Crippen molar-refractivity contribution in [2.45, 2.75) is 19.4 Å². The van der Waals surface area contributed by atoms with E-state index in [1.54, 1.807) is 31.2 Å². The number of hydrogen-bond donors (Lipinski definition) is 1. The number of carboxylic acids is 1. The van der Waals surface area contributed by atoms with E-state index in [0.717, 1.165) is 16.5 Å². The lowest BCUT2D eigenvalue weighted by Crippen LogP contribution is -2.43. The number of nitro groups is 1. The van der Waals surface area contributed by atoms with Crippen molar-refractivity contribution >= 4 is 17.6 Å². The van der Waals surface area contributed by atoms with Crippen LogP contribution in [-0.4, -0.2) is 46.5 Å². The van der Waals surface area contributed by atoms with Crippen LogP contribution in [0.1, 0.15) is 22.8 Å². The second kappa shape index (κ2) is 8.79. The van der Waals surface area contributed by atoms with Crippen LogP contribution in [0.2, 0.25) is 0 Å². The zero-order chi connectivity index (χ0) is 20.0. The molecule has 0 radical (unpaired) electrons. The number of hydrogen-bond acceptors (Lipinski definition) is 5. The van der Waals surface area contributed by atoms with E-state index in [2.05, 4.69) is 0 Å². The maximum absolute atomic E-state index is 12.7. The molecule has 0 heterocycles. The van der Waals surface area contributed by atoms with Gasteiger partial charge in [0.25, 0.3) is 5.91 Å². The first-order chi connectivity index (χ1) is 12.8. The summed E-state index contributed by atoms with van der Waals surface area (Å²) in [6.07, 6.45) is 0.123. The van der Waals surface area contributed by atoms with Crippen LogP contribution in [0.15, 0.2) is 48.5 Å². The molecule has 8 heteroatoms. The van der Waals surface area contributed by atoms with E-state index in [9.17, 15) is 24.8 Å². The molecule has 0 fully saturated rings. The van der Waals surface area contributed by atoms with Crippen molar-refractivity contribution in [3.63, 3.8) is 0 Å². The number of rotatable bonds is 8. The number of nitrogens with zero attached hydrogens (tertiary/aromatic N) is 2. The predicted molar refractivity (Wildman–Crippen MR) is 97.9 cm³/mol. The summed E-state index contributed by atoms with van der Waals surface area (Å²) in [5.74, 6) is -1.72. The van der Waals surface area contributed by atoms with Gasteiger partial charge in [0.05, 0.1) is 11.5 Å². The van der Waals surface area contributed by atoms with Crippen molar-refractivity contribution in [2.75, 3.05) is 13.7 Å². The lowest BCUT2D eigenvalue weighted by atomic mass is 10.0. The summed E-state index contributed by atoms with van der Waals surface area (Å²) in [4.78, 5) is 36.1. The number of likely N-dealkylation sites (N-methyl/N-ethyl adjacent to an activating group) is 1. The quantitative estimate of drug-likeness (QED) is 0.563. The molecule has 142 valence electrons. The molecule has 0 saturated carbocycles. The van der Waals surface area contributed by atoms with Crippen molar-refractivity contribution in [1.82, 2.24) is 4.90 Å². The summed E-state index contributed by atoms with van der Waals surface area (Å²) in [7, 11) is 1.37. The van der Waals surface area contributed by atoms with E-state index < -0.39 is 22.8 Å². The SMILES string of the molecule is CCOc1ccc(C(=O)N(C)C(Cc2ccccc2)C(=O)O)cc1[N+](=O)[O-]. The molecule has 1 N–H and O–H groups in total. The number of benzene rings is 2. The third kappa shape index (κ3) is 4.81. The van der Waals surface area contributed by atoms with Crippen LogP contribution in [0.4, 0.5) is 5.69 Å². The minimum absolute atomic E-state index is 0.0203. The first kappa shape index (κ1) is 19.9. The molecular weight excluding hydrogens is 352 g/mol. The maximum atomic E-state index is 12.7. The Morgan fingerprint density at radius 3 is 2.44 bits per heavy atom. The van der Waals surface area contributed by atoms with Gasteiger partial charge in [-0.15, -0.1) is 0 Å². The molecule has 2 aromatic carbocycles. The highest BCUT2D eigenvalue weighted by Gasteiger charge is 2.29. The van der Waals surface area contributed by atoms with Crippen molar-refractivity contribution in [3.05, 3.63) is 69.8 Å². The second-order valence-corrected chi connectivity index (χ2v) is 5.83. The van der Waals surface area contributed by atoms with Crippen LogP contribution < -0.4 is 4.74 Å². The number of carbonyl (C=O) groups is 2. The highest BCUT2D eigenvalue weighted by molar-refractivity contribution is 5.97. The van der Waals surface area contributed by atoms with Gasteiger partial charge in [-0.25, -0.2) is 4.79 Å². The summed E-state index contributed by atoms with van der Waals surface area (Å²) < 4.78 is 5.20. The largest absolute Gasteiger partial charge is 0.487 e. The van der Waals surface area contributed by atoms with Crippen LogP contribution in [0.3, 0.4) is 0 Å². The minimum atomic E-state index is -1.16. The fourth-order valence-corrected chi connectivity index (χ4v) is 2.64. The van der Waals surface area contributed by atoms with Crippen LogP contribution in [0.5, 0.6) is 5.75 Å². The molecule has 27 heavy (non-hydrogen) atoms. The van der Waals surface area contributed by atoms with Crippen molar-refractivity contribution < 1.29 is 24.4 Å². The van der Waals surface area contributed by atoms with Gasteiger partial charge in [-0.2, -0.15) is 0 Å². The summed E-state index contributed by atoms with van der Waals surface area (Å²) in [6, 6.07) is 11.7. The van der Waals surface area contributed by atoms with E-state index in [4.69, 9.17) is 4.74 Å². The van der Waals surface area contributed by atoms with Crippen LogP contribution in [0.25, 0.3) is 0 Å². The van der Waals surface area contributed by atoms with E-state index in [1.807, 2.05) is 6.07 Å². The Bertz CT molecular complexity index is 837. The first-order valence-corrected chi connectivity index (χ1v) is 8.30. The van der Waals surface area contributed by atoms with E-state index >= 15 is 0 Å². The number of carboxylic acid groups (broad SMARTS) is 1. The van der Waals surface area contributed by atoms with Gasteiger partial charge in [-0.05, 0) is 24.6 Å². The van der Waals surface area contributed by atoms with Crippen LogP contribution in [0, 0.1) is 10.1 Å². The predicted octanol–water partition coefficient (Wildman–Crippen LogP) is 2.76. The number of carbonyl (C=O) groups excluding carboxylic acids is 1. The van der Waals surface area contributed by atoms with E-state index in [0.29, 0.717) is 0 Å². The summed E-state index contributed by atoms with van der Waals surface area (Å²) in [5, 5.41) is 20.8. The van der Waals surface area contributed by atoms with Gasteiger partial charge < -0.3 is 14.7 Å². The zero-order valence-corrected chi connectivity index (χ0v) is 15.0. The van der Waals surface area contributed by atoms with Crippen LogP contribution in [-0.2, 0) is 11.2 Å². The van der Waals surface area contributed by atoms with Crippen molar-refractivity contribution in [3.8, 4) is 5.75 Å². The molecule has 0 aliphatic carbocycles. The maximum Gasteiger partial charge on any atom is 0.326 e. The molecule has 8 nitrogen and oxygen atoms in total. The smallest absolute Gasteiger partial charge is 0.326 e. The number of amides is 1. The Morgan fingerprint density at radius 1 is 1.22 bits per heavy atom. The van der Waals surface area contributed by atoms with Crippen molar-refractivity contribution in [1.29, 1.82) is 0 Å². The molecule has 0 saturated heterocycles. The van der Waals surface area contributed by atoms with E-state index in [-0.39, 0.29) is 30.0 Å². The normalized spacial score (nSPS) is 11.5. The van der Waals surface area contributed by atoms with Gasteiger partial charge >= 0.3 is 11.7 Å². The molecule has 0 aliphatic rings. The Morgan fingerprint density at radius 2 is 1.89 bits per heavy atom. The summed E-state index contributed by atoms with van der Waals surface area (Å²) >= 11 is 0. The molecule has 0 aromatic heterocycles. The molecule has 0 bridgehead atoms. The Hall–Kier alpha value is -3.42. The average molecular weight is 372 g/mol. The molecule has 1 amide bonds. The number of ether oxygens (including phenoxy) is 1. The Labute approximate surface area is 156 Å². The molecule has 2 rings (SSSR count). The second-order valence-electron chi connectivity index (χ2n) is 5.83. The molecule has 1 unspecified atom stereocenters. The Balaban J connectivity index is 2.29. The minimum Gasteiger partial charge on any atom is -0.487 e. The topological polar surface area (TPSA) is 110 Å². The first-order valence-electron chi connectivity index (χ1n) is 8.30. The summed E-state index contributed by atoms with van der Waals surface area (Å²) in [6.45, 7) is 1.93. The fourth-order valence-electron chi connectivity index (χ4n) is 2.64. The third-order valence-electron chi connectivity index (χ3n) is 4.05. The lowest BCUT2D eigenvalue weighted by Gasteiger charge is -2.25. The number of aliphatic carboxylic acids is 1. The Kier molecular flexibility index (Phi) is 6.48. The highest BCUT2D eigenvalue weighted by atomic mass is 16.6. The summed E-state index contributed by atoms with van der Waals surface area (Å²) in [5.41, 5.74) is 0.445. The van der Waals surface area contributed by atoms with E-state index in [1.165, 1.54) is 19.2 Å². The molecular formula is C19H20N2O6.